The lowest BCUT2D eigenvalue weighted by Gasteiger charge is -2.13. The van der Waals surface area contributed by atoms with Crippen LogP contribution in [0, 0.1) is 6.92 Å². The minimum atomic E-state index is 0.259. The van der Waals surface area contributed by atoms with Crippen LogP contribution in [0.3, 0.4) is 0 Å². The topological polar surface area (TPSA) is 77.5 Å². The summed E-state index contributed by atoms with van der Waals surface area (Å²) in [6.07, 6.45) is 0. The maximum absolute atomic E-state index is 6.10. The molecule has 0 saturated carbocycles. The second-order valence-corrected chi connectivity index (χ2v) is 6.67. The molecule has 1 aliphatic rings. The van der Waals surface area contributed by atoms with Crippen LogP contribution in [0.5, 0.6) is 17.2 Å². The van der Waals surface area contributed by atoms with Gasteiger partial charge in [0.2, 0.25) is 12.7 Å². The molecule has 7 nitrogen and oxygen atoms in total. The van der Waals surface area contributed by atoms with Crippen LogP contribution in [0.25, 0.3) is 0 Å². The molecule has 144 valence electrons. The minimum Gasteiger partial charge on any atom is -0.495 e. The average molecular weight is 399 g/mol. The number of nitrogens with zero attached hydrogens (tertiary/aromatic N) is 2. The summed E-state index contributed by atoms with van der Waals surface area (Å²) >= 11 is 6.10. The second kappa shape index (κ2) is 7.82. The Bertz CT molecular complexity index is 1010. The molecule has 28 heavy (non-hydrogen) atoms. The third-order valence-corrected chi connectivity index (χ3v) is 4.40. The fourth-order valence-electron chi connectivity index (χ4n) is 2.86. The molecule has 2 N–H and O–H groups in total. The first-order chi connectivity index (χ1) is 13.6. The summed E-state index contributed by atoms with van der Waals surface area (Å²) in [6.45, 7) is 2.73. The first-order valence-corrected chi connectivity index (χ1v) is 9.07. The van der Waals surface area contributed by atoms with Crippen LogP contribution in [0.2, 0.25) is 5.02 Å². The van der Waals surface area contributed by atoms with Gasteiger partial charge in [-0.15, -0.1) is 0 Å². The molecule has 0 bridgehead atoms. The fraction of sp³-hybridized carbons (Fsp3) is 0.200. The van der Waals surface area contributed by atoms with Gasteiger partial charge in [-0.1, -0.05) is 17.7 Å². The van der Waals surface area contributed by atoms with Gasteiger partial charge in [-0.2, -0.15) is 4.98 Å². The first kappa shape index (κ1) is 18.2. The van der Waals surface area contributed by atoms with Crippen LogP contribution >= 0.6 is 11.6 Å². The van der Waals surface area contributed by atoms with Crippen molar-refractivity contribution in [3.63, 3.8) is 0 Å². The molecular formula is C20H19ClN4O3. The quantitative estimate of drug-likeness (QED) is 0.631. The number of benzene rings is 2. The molecule has 8 heteroatoms. The van der Waals surface area contributed by atoms with Crippen LogP contribution in [0.15, 0.2) is 42.5 Å². The number of rotatable bonds is 6. The van der Waals surface area contributed by atoms with Crippen molar-refractivity contribution in [3.05, 3.63) is 58.7 Å². The highest BCUT2D eigenvalue weighted by Crippen LogP contribution is 2.33. The van der Waals surface area contributed by atoms with Crippen molar-refractivity contribution in [1.82, 2.24) is 9.97 Å². The van der Waals surface area contributed by atoms with Crippen LogP contribution in [-0.2, 0) is 6.54 Å². The summed E-state index contributed by atoms with van der Waals surface area (Å²) < 4.78 is 16.1. The van der Waals surface area contributed by atoms with E-state index >= 15 is 0 Å². The number of nitrogens with one attached hydrogen (secondary N) is 2. The third-order valence-electron chi connectivity index (χ3n) is 4.17. The monoisotopic (exact) mass is 398 g/mol. The van der Waals surface area contributed by atoms with Crippen molar-refractivity contribution in [2.45, 2.75) is 13.5 Å². The minimum absolute atomic E-state index is 0.259. The molecule has 1 aliphatic heterocycles. The number of methoxy groups -OCH3 is 1. The number of aryl methyl sites for hydroxylation is 1. The Labute approximate surface area is 167 Å². The molecule has 0 radical (unpaired) electrons. The number of hydrogen-bond acceptors (Lipinski definition) is 7. The molecule has 0 unspecified atom stereocenters. The lowest BCUT2D eigenvalue weighted by atomic mass is 10.2. The van der Waals surface area contributed by atoms with E-state index in [1.807, 2.05) is 31.2 Å². The Kier molecular flexibility index (Phi) is 5.08. The lowest BCUT2D eigenvalue weighted by molar-refractivity contribution is 0.174. The molecule has 0 fully saturated rings. The standard InChI is InChI=1S/C20H19ClN4O3/c1-12-7-19(24-15-9-14(21)4-6-16(15)26-2)25-20(23-12)22-10-13-3-5-17-18(8-13)28-11-27-17/h3-9H,10-11H2,1-2H3,(H2,22,23,24,25). The molecule has 0 aliphatic carbocycles. The van der Waals surface area contributed by atoms with Gasteiger partial charge >= 0.3 is 0 Å². The molecule has 4 rings (SSSR count). The Morgan fingerprint density at radius 1 is 1.07 bits per heavy atom. The molecular weight excluding hydrogens is 380 g/mol. The van der Waals surface area contributed by atoms with Gasteiger partial charge in [-0.25, -0.2) is 4.98 Å². The van der Waals surface area contributed by atoms with Crippen LogP contribution in [0.1, 0.15) is 11.3 Å². The van der Waals surface area contributed by atoms with Crippen molar-refractivity contribution in [3.8, 4) is 17.2 Å². The largest absolute Gasteiger partial charge is 0.495 e. The number of ether oxygens (including phenoxy) is 3. The Hall–Kier alpha value is -3.19. The predicted octanol–water partition coefficient (Wildman–Crippen LogP) is 4.53. The van der Waals surface area contributed by atoms with E-state index in [4.69, 9.17) is 25.8 Å². The molecule has 0 amide bonds. The summed E-state index contributed by atoms with van der Waals surface area (Å²) in [6, 6.07) is 13.0. The van der Waals surface area contributed by atoms with E-state index in [1.54, 1.807) is 25.3 Å². The van der Waals surface area contributed by atoms with Crippen LogP contribution in [0.4, 0.5) is 17.5 Å². The van der Waals surface area contributed by atoms with Crippen molar-refractivity contribution in [1.29, 1.82) is 0 Å². The number of anilines is 3. The van der Waals surface area contributed by atoms with Gasteiger partial charge in [0.05, 0.1) is 12.8 Å². The molecule has 3 aromatic rings. The van der Waals surface area contributed by atoms with E-state index in [1.165, 1.54) is 0 Å². The van der Waals surface area contributed by atoms with E-state index in [0.717, 1.165) is 28.4 Å². The molecule has 0 spiro atoms. The molecule has 1 aromatic heterocycles. The normalized spacial score (nSPS) is 12.0. The van der Waals surface area contributed by atoms with E-state index < -0.39 is 0 Å². The van der Waals surface area contributed by atoms with E-state index in [9.17, 15) is 0 Å². The van der Waals surface area contributed by atoms with Gasteiger partial charge < -0.3 is 24.8 Å². The highest BCUT2D eigenvalue weighted by atomic mass is 35.5. The Balaban J connectivity index is 1.50. The summed E-state index contributed by atoms with van der Waals surface area (Å²) in [7, 11) is 1.61. The van der Waals surface area contributed by atoms with E-state index in [2.05, 4.69) is 20.6 Å². The van der Waals surface area contributed by atoms with Crippen molar-refractivity contribution >= 4 is 29.1 Å². The SMILES string of the molecule is COc1ccc(Cl)cc1Nc1cc(C)nc(NCc2ccc3c(c2)OCO3)n1. The molecule has 0 atom stereocenters. The number of fused-ring (bicyclic) bond motifs is 1. The van der Waals surface area contributed by atoms with Gasteiger partial charge in [0.15, 0.2) is 11.5 Å². The molecule has 0 saturated heterocycles. The fourth-order valence-corrected chi connectivity index (χ4v) is 3.03. The zero-order chi connectivity index (χ0) is 19.5. The third kappa shape index (κ3) is 4.04. The average Bonchev–Trinajstić information content (AvgIpc) is 3.14. The first-order valence-electron chi connectivity index (χ1n) is 8.69. The number of aromatic nitrogens is 2. The van der Waals surface area contributed by atoms with Gasteiger partial charge in [0.1, 0.15) is 11.6 Å². The zero-order valence-corrected chi connectivity index (χ0v) is 16.2. The van der Waals surface area contributed by atoms with Gasteiger partial charge in [0, 0.05) is 23.3 Å². The Morgan fingerprint density at radius 2 is 1.93 bits per heavy atom. The van der Waals surface area contributed by atoms with E-state index in [0.29, 0.717) is 29.1 Å². The summed E-state index contributed by atoms with van der Waals surface area (Å²) in [4.78, 5) is 8.98. The second-order valence-electron chi connectivity index (χ2n) is 6.23. The highest BCUT2D eigenvalue weighted by Gasteiger charge is 2.13. The maximum Gasteiger partial charge on any atom is 0.231 e. The maximum atomic E-state index is 6.10. The predicted molar refractivity (Wildman–Crippen MR) is 108 cm³/mol. The highest BCUT2D eigenvalue weighted by molar-refractivity contribution is 6.31. The molecule has 2 heterocycles. The van der Waals surface area contributed by atoms with E-state index in [-0.39, 0.29) is 6.79 Å². The summed E-state index contributed by atoms with van der Waals surface area (Å²) in [5.74, 6) is 3.34. The van der Waals surface area contributed by atoms with Gasteiger partial charge in [-0.3, -0.25) is 0 Å². The Morgan fingerprint density at radius 3 is 2.79 bits per heavy atom. The van der Waals surface area contributed by atoms with Crippen LogP contribution in [-0.4, -0.2) is 23.9 Å². The van der Waals surface area contributed by atoms with Crippen LogP contribution < -0.4 is 24.8 Å². The molecule has 2 aromatic carbocycles. The van der Waals surface area contributed by atoms with Gasteiger partial charge in [-0.05, 0) is 42.8 Å². The lowest BCUT2D eigenvalue weighted by Crippen LogP contribution is -2.06. The van der Waals surface area contributed by atoms with Crippen molar-refractivity contribution in [2.75, 3.05) is 24.5 Å². The van der Waals surface area contributed by atoms with Gasteiger partial charge in [0.25, 0.3) is 0 Å². The summed E-state index contributed by atoms with van der Waals surface area (Å²) in [5, 5.41) is 7.09. The zero-order valence-electron chi connectivity index (χ0n) is 15.5. The smallest absolute Gasteiger partial charge is 0.231 e. The van der Waals surface area contributed by atoms with Crippen molar-refractivity contribution in [2.24, 2.45) is 0 Å². The number of hydrogen-bond donors (Lipinski definition) is 2. The van der Waals surface area contributed by atoms with Crippen molar-refractivity contribution < 1.29 is 14.2 Å². The summed E-state index contributed by atoms with van der Waals surface area (Å²) in [5.41, 5.74) is 2.60. The number of halogens is 1.